The van der Waals surface area contributed by atoms with Gasteiger partial charge < -0.3 is 15.4 Å². The van der Waals surface area contributed by atoms with Crippen LogP contribution in [0.2, 0.25) is 0 Å². The molecule has 1 saturated heterocycles. The predicted octanol–water partition coefficient (Wildman–Crippen LogP) is 3.56. The lowest BCUT2D eigenvalue weighted by Crippen LogP contribution is -2.43. The Morgan fingerprint density at radius 3 is 2.41 bits per heavy atom. The monoisotopic (exact) mass is 296 g/mol. The van der Waals surface area contributed by atoms with Gasteiger partial charge in [-0.1, -0.05) is 24.6 Å². The van der Waals surface area contributed by atoms with Crippen molar-refractivity contribution in [3.63, 3.8) is 0 Å². The standard InChI is InChI=1S/C18H20N2O2/c21-18(17-8-4-5-13-19-17)20-14-9-11-16(12-10-14)22-15-6-2-1-3-7-15/h1-3,6-7,9-12,17,19H,4-5,8,13H2,(H,20,21)/t17-/m0/s1. The lowest BCUT2D eigenvalue weighted by Gasteiger charge is -2.22. The highest BCUT2D eigenvalue weighted by Crippen LogP contribution is 2.22. The van der Waals surface area contributed by atoms with Crippen LogP contribution in [0.3, 0.4) is 0 Å². The molecule has 1 amide bonds. The number of para-hydroxylation sites is 1. The summed E-state index contributed by atoms with van der Waals surface area (Å²) in [5.41, 5.74) is 0.790. The SMILES string of the molecule is O=C(Nc1ccc(Oc2ccccc2)cc1)[C@@H]1CCCCN1. The van der Waals surface area contributed by atoms with Crippen LogP contribution in [0.15, 0.2) is 54.6 Å². The van der Waals surface area contributed by atoms with Crippen LogP contribution in [0.1, 0.15) is 19.3 Å². The maximum absolute atomic E-state index is 12.1. The molecule has 0 aromatic heterocycles. The Balaban J connectivity index is 1.58. The average Bonchev–Trinajstić information content (AvgIpc) is 2.58. The zero-order valence-corrected chi connectivity index (χ0v) is 12.4. The number of carbonyl (C=O) groups excluding carboxylic acids is 1. The fraction of sp³-hybridized carbons (Fsp3) is 0.278. The van der Waals surface area contributed by atoms with Crippen molar-refractivity contribution in [2.75, 3.05) is 11.9 Å². The number of nitrogens with one attached hydrogen (secondary N) is 2. The fourth-order valence-corrected chi connectivity index (χ4v) is 2.54. The van der Waals surface area contributed by atoms with E-state index in [2.05, 4.69) is 10.6 Å². The Bertz CT molecular complexity index is 605. The Hall–Kier alpha value is -2.33. The number of rotatable bonds is 4. The Kier molecular flexibility index (Phi) is 4.71. The first-order chi connectivity index (χ1) is 10.8. The van der Waals surface area contributed by atoms with Crippen LogP contribution in [0.4, 0.5) is 5.69 Å². The predicted molar refractivity (Wildman–Crippen MR) is 87.2 cm³/mol. The number of amides is 1. The van der Waals surface area contributed by atoms with Gasteiger partial charge >= 0.3 is 0 Å². The number of ether oxygens (including phenoxy) is 1. The molecule has 1 heterocycles. The summed E-state index contributed by atoms with van der Waals surface area (Å²) in [6, 6.07) is 17.0. The second-order valence-corrected chi connectivity index (χ2v) is 5.43. The molecule has 0 unspecified atom stereocenters. The van der Waals surface area contributed by atoms with Crippen LogP contribution < -0.4 is 15.4 Å². The molecule has 1 aliphatic rings. The van der Waals surface area contributed by atoms with E-state index in [0.717, 1.165) is 43.0 Å². The van der Waals surface area contributed by atoms with Crippen LogP contribution >= 0.6 is 0 Å². The molecule has 0 radical (unpaired) electrons. The molecule has 1 fully saturated rings. The molecular formula is C18H20N2O2. The van der Waals surface area contributed by atoms with Gasteiger partial charge in [0.1, 0.15) is 11.5 Å². The lowest BCUT2D eigenvalue weighted by atomic mass is 10.0. The number of hydrogen-bond acceptors (Lipinski definition) is 3. The van der Waals surface area contributed by atoms with Gasteiger partial charge in [-0.25, -0.2) is 0 Å². The summed E-state index contributed by atoms with van der Waals surface area (Å²) in [4.78, 5) is 12.1. The third-order valence-corrected chi connectivity index (χ3v) is 3.73. The van der Waals surface area contributed by atoms with Gasteiger partial charge in [0.05, 0.1) is 6.04 Å². The first-order valence-electron chi connectivity index (χ1n) is 7.68. The molecule has 2 aromatic rings. The molecule has 1 aliphatic heterocycles. The number of anilines is 1. The summed E-state index contributed by atoms with van der Waals surface area (Å²) < 4.78 is 5.73. The summed E-state index contributed by atoms with van der Waals surface area (Å²) >= 11 is 0. The van der Waals surface area contributed by atoms with Crippen molar-refractivity contribution in [3.8, 4) is 11.5 Å². The Morgan fingerprint density at radius 1 is 1.00 bits per heavy atom. The van der Waals surface area contributed by atoms with Gasteiger partial charge in [0.2, 0.25) is 5.91 Å². The second-order valence-electron chi connectivity index (χ2n) is 5.43. The van der Waals surface area contributed by atoms with Crippen LogP contribution in [-0.2, 0) is 4.79 Å². The van der Waals surface area contributed by atoms with E-state index in [1.54, 1.807) is 0 Å². The normalized spacial score (nSPS) is 17.7. The van der Waals surface area contributed by atoms with E-state index in [-0.39, 0.29) is 11.9 Å². The van der Waals surface area contributed by atoms with Gasteiger partial charge in [-0.15, -0.1) is 0 Å². The molecule has 2 N–H and O–H groups in total. The van der Waals surface area contributed by atoms with Crippen molar-refractivity contribution in [3.05, 3.63) is 54.6 Å². The van der Waals surface area contributed by atoms with E-state index in [1.165, 1.54) is 0 Å². The van der Waals surface area contributed by atoms with E-state index in [1.807, 2.05) is 54.6 Å². The molecule has 2 aromatic carbocycles. The largest absolute Gasteiger partial charge is 0.457 e. The maximum atomic E-state index is 12.1. The van der Waals surface area contributed by atoms with Gasteiger partial charge in [-0.2, -0.15) is 0 Å². The smallest absolute Gasteiger partial charge is 0.241 e. The van der Waals surface area contributed by atoms with Crippen molar-refractivity contribution in [2.24, 2.45) is 0 Å². The number of benzene rings is 2. The Morgan fingerprint density at radius 2 is 1.73 bits per heavy atom. The summed E-state index contributed by atoms with van der Waals surface area (Å²) in [7, 11) is 0. The topological polar surface area (TPSA) is 50.4 Å². The van der Waals surface area contributed by atoms with Gasteiger partial charge in [-0.05, 0) is 55.8 Å². The van der Waals surface area contributed by atoms with Gasteiger partial charge in [0, 0.05) is 5.69 Å². The molecular weight excluding hydrogens is 276 g/mol. The van der Waals surface area contributed by atoms with E-state index in [9.17, 15) is 4.79 Å². The second kappa shape index (κ2) is 7.09. The highest BCUT2D eigenvalue weighted by Gasteiger charge is 2.20. The van der Waals surface area contributed by atoms with Crippen LogP contribution in [0.25, 0.3) is 0 Å². The molecule has 114 valence electrons. The van der Waals surface area contributed by atoms with Crippen molar-refractivity contribution in [1.82, 2.24) is 5.32 Å². The van der Waals surface area contributed by atoms with E-state index in [4.69, 9.17) is 4.74 Å². The molecule has 22 heavy (non-hydrogen) atoms. The van der Waals surface area contributed by atoms with Gasteiger partial charge in [0.15, 0.2) is 0 Å². The summed E-state index contributed by atoms with van der Waals surface area (Å²) in [6.07, 6.45) is 3.16. The minimum Gasteiger partial charge on any atom is -0.457 e. The molecule has 4 nitrogen and oxygen atoms in total. The quantitative estimate of drug-likeness (QED) is 0.907. The average molecular weight is 296 g/mol. The minimum absolute atomic E-state index is 0.0384. The molecule has 3 rings (SSSR count). The molecule has 1 atom stereocenters. The fourth-order valence-electron chi connectivity index (χ4n) is 2.54. The molecule has 0 aliphatic carbocycles. The first kappa shape index (κ1) is 14.6. The van der Waals surface area contributed by atoms with Crippen molar-refractivity contribution < 1.29 is 9.53 Å². The number of hydrogen-bond donors (Lipinski definition) is 2. The van der Waals surface area contributed by atoms with Gasteiger partial charge in [-0.3, -0.25) is 4.79 Å². The first-order valence-corrected chi connectivity index (χ1v) is 7.68. The molecule has 0 bridgehead atoms. The summed E-state index contributed by atoms with van der Waals surface area (Å²) in [6.45, 7) is 0.919. The number of carbonyl (C=O) groups is 1. The third kappa shape index (κ3) is 3.86. The van der Waals surface area contributed by atoms with Crippen LogP contribution in [-0.4, -0.2) is 18.5 Å². The minimum atomic E-state index is -0.0750. The summed E-state index contributed by atoms with van der Waals surface area (Å²) in [5, 5.41) is 6.19. The highest BCUT2D eigenvalue weighted by atomic mass is 16.5. The highest BCUT2D eigenvalue weighted by molar-refractivity contribution is 5.94. The maximum Gasteiger partial charge on any atom is 0.241 e. The molecule has 0 spiro atoms. The molecule has 0 saturated carbocycles. The molecule has 4 heteroatoms. The van der Waals surface area contributed by atoms with E-state index in [0.29, 0.717) is 0 Å². The van der Waals surface area contributed by atoms with Crippen molar-refractivity contribution >= 4 is 11.6 Å². The number of piperidine rings is 1. The van der Waals surface area contributed by atoms with E-state index < -0.39 is 0 Å². The third-order valence-electron chi connectivity index (χ3n) is 3.73. The zero-order valence-electron chi connectivity index (χ0n) is 12.4. The van der Waals surface area contributed by atoms with Gasteiger partial charge in [0.25, 0.3) is 0 Å². The van der Waals surface area contributed by atoms with Crippen molar-refractivity contribution in [2.45, 2.75) is 25.3 Å². The van der Waals surface area contributed by atoms with E-state index >= 15 is 0 Å². The van der Waals surface area contributed by atoms with Crippen molar-refractivity contribution in [1.29, 1.82) is 0 Å². The Labute approximate surface area is 130 Å². The van der Waals surface area contributed by atoms with Crippen LogP contribution in [0, 0.1) is 0 Å². The lowest BCUT2D eigenvalue weighted by molar-refractivity contribution is -0.118. The zero-order chi connectivity index (χ0) is 15.2. The van der Waals surface area contributed by atoms with Crippen LogP contribution in [0.5, 0.6) is 11.5 Å². The summed E-state index contributed by atoms with van der Waals surface area (Å²) in [5.74, 6) is 1.59.